The first kappa shape index (κ1) is 8.87. The van der Waals surface area contributed by atoms with Crippen molar-refractivity contribution in [1.82, 2.24) is 0 Å². The zero-order valence-electron chi connectivity index (χ0n) is 8.02. The Morgan fingerprint density at radius 3 is 2.71 bits per heavy atom. The molecule has 1 aromatic carbocycles. The highest BCUT2D eigenvalue weighted by Crippen LogP contribution is 2.39. The van der Waals surface area contributed by atoms with Crippen molar-refractivity contribution in [1.29, 1.82) is 0 Å². The van der Waals surface area contributed by atoms with Gasteiger partial charge < -0.3 is 14.7 Å². The average molecular weight is 193 g/mol. The molecule has 1 aliphatic rings. The van der Waals surface area contributed by atoms with Gasteiger partial charge in [0.25, 0.3) is 0 Å². The highest BCUT2D eigenvalue weighted by atomic mass is 16.7. The number of hydrogen-bond donors (Lipinski definition) is 1. The molecule has 0 atom stereocenters. The van der Waals surface area contributed by atoms with E-state index >= 15 is 0 Å². The summed E-state index contributed by atoms with van der Waals surface area (Å²) in [7, 11) is 0. The van der Waals surface area contributed by atoms with Crippen molar-refractivity contribution >= 4 is 6.21 Å². The molecule has 1 aliphatic heterocycles. The zero-order chi connectivity index (χ0) is 10.2. The quantitative estimate of drug-likeness (QED) is 0.421. The fraction of sp³-hybridized carbons (Fsp3) is 0.300. The van der Waals surface area contributed by atoms with Gasteiger partial charge in [-0.2, -0.15) is 0 Å². The van der Waals surface area contributed by atoms with Crippen LogP contribution in [0.3, 0.4) is 0 Å². The molecule has 0 aliphatic carbocycles. The summed E-state index contributed by atoms with van der Waals surface area (Å²) in [6.07, 6.45) is 1.34. The Kier molecular flexibility index (Phi) is 1.84. The molecule has 4 nitrogen and oxygen atoms in total. The summed E-state index contributed by atoms with van der Waals surface area (Å²) >= 11 is 0. The van der Waals surface area contributed by atoms with E-state index in [1.54, 1.807) is 18.2 Å². The van der Waals surface area contributed by atoms with Crippen LogP contribution in [0.2, 0.25) is 0 Å². The Morgan fingerprint density at radius 1 is 1.29 bits per heavy atom. The Hall–Kier alpha value is -1.71. The van der Waals surface area contributed by atoms with E-state index in [0.717, 1.165) is 5.56 Å². The molecule has 0 saturated carbocycles. The van der Waals surface area contributed by atoms with E-state index in [1.807, 2.05) is 13.8 Å². The van der Waals surface area contributed by atoms with E-state index in [1.165, 1.54) is 6.21 Å². The normalized spacial score (nSPS) is 17.6. The number of benzene rings is 1. The van der Waals surface area contributed by atoms with E-state index in [4.69, 9.17) is 14.7 Å². The fourth-order valence-corrected chi connectivity index (χ4v) is 1.39. The molecule has 74 valence electrons. The van der Waals surface area contributed by atoms with Crippen LogP contribution < -0.4 is 9.47 Å². The Balaban J connectivity index is 2.35. The second kappa shape index (κ2) is 2.90. The second-order valence-electron chi connectivity index (χ2n) is 3.55. The minimum absolute atomic E-state index is 0.614. The Morgan fingerprint density at radius 2 is 2.00 bits per heavy atom. The highest BCUT2D eigenvalue weighted by Gasteiger charge is 2.31. The third-order valence-corrected chi connectivity index (χ3v) is 1.89. The van der Waals surface area contributed by atoms with Gasteiger partial charge in [0.15, 0.2) is 11.5 Å². The molecule has 0 bridgehead atoms. The van der Waals surface area contributed by atoms with Crippen molar-refractivity contribution in [2.24, 2.45) is 5.16 Å². The van der Waals surface area contributed by atoms with Gasteiger partial charge in [-0.3, -0.25) is 0 Å². The predicted octanol–water partition coefficient (Wildman–Crippen LogP) is 2.00. The topological polar surface area (TPSA) is 51.0 Å². The van der Waals surface area contributed by atoms with Gasteiger partial charge in [0, 0.05) is 19.4 Å². The molecule has 0 spiro atoms. The molecular weight excluding hydrogens is 182 g/mol. The molecule has 4 heteroatoms. The van der Waals surface area contributed by atoms with Crippen molar-refractivity contribution in [3.8, 4) is 11.5 Å². The van der Waals surface area contributed by atoms with Crippen molar-refractivity contribution in [2.75, 3.05) is 0 Å². The number of oxime groups is 1. The lowest BCUT2D eigenvalue weighted by atomic mass is 10.2. The fourth-order valence-electron chi connectivity index (χ4n) is 1.39. The van der Waals surface area contributed by atoms with E-state index in [-0.39, 0.29) is 0 Å². The third kappa shape index (κ3) is 1.51. The van der Waals surface area contributed by atoms with E-state index < -0.39 is 5.79 Å². The van der Waals surface area contributed by atoms with Crippen LogP contribution in [0.25, 0.3) is 0 Å². The lowest BCUT2D eigenvalue weighted by Gasteiger charge is -2.16. The Labute approximate surface area is 81.8 Å². The molecular formula is C10H11NO3. The molecule has 0 saturated heterocycles. The minimum atomic E-state index is -0.614. The summed E-state index contributed by atoms with van der Waals surface area (Å²) in [5.41, 5.74) is 0.771. The molecule has 1 aromatic rings. The number of nitrogens with zero attached hydrogens (tertiary/aromatic N) is 1. The first-order chi connectivity index (χ1) is 6.61. The summed E-state index contributed by atoms with van der Waals surface area (Å²) in [4.78, 5) is 0. The van der Waals surface area contributed by atoms with Gasteiger partial charge in [0.05, 0.1) is 6.21 Å². The van der Waals surface area contributed by atoms with Crippen LogP contribution in [-0.2, 0) is 0 Å². The van der Waals surface area contributed by atoms with E-state index in [0.29, 0.717) is 11.5 Å². The van der Waals surface area contributed by atoms with Crippen LogP contribution in [0, 0.1) is 0 Å². The molecule has 0 radical (unpaired) electrons. The van der Waals surface area contributed by atoms with Gasteiger partial charge in [-0.05, 0) is 18.2 Å². The molecule has 2 rings (SSSR count). The molecule has 1 N–H and O–H groups in total. The van der Waals surface area contributed by atoms with Crippen molar-refractivity contribution in [3.05, 3.63) is 23.8 Å². The van der Waals surface area contributed by atoms with Crippen LogP contribution in [0.4, 0.5) is 0 Å². The van der Waals surface area contributed by atoms with Crippen LogP contribution in [-0.4, -0.2) is 17.2 Å². The van der Waals surface area contributed by atoms with E-state index in [9.17, 15) is 0 Å². The monoisotopic (exact) mass is 193 g/mol. The summed E-state index contributed by atoms with van der Waals surface area (Å²) in [5.74, 6) is 0.773. The standard InChI is InChI=1S/C10H11NO3/c1-10(2)13-8-4-3-7(6-11-12)5-9(8)14-10/h3-6,12H,1-2H3/b11-6+. The van der Waals surface area contributed by atoms with Gasteiger partial charge in [0.1, 0.15) is 0 Å². The predicted molar refractivity (Wildman–Crippen MR) is 51.2 cm³/mol. The van der Waals surface area contributed by atoms with Crippen molar-refractivity contribution < 1.29 is 14.7 Å². The molecule has 0 aromatic heterocycles. The molecule has 1 heterocycles. The van der Waals surface area contributed by atoms with Gasteiger partial charge in [-0.15, -0.1) is 0 Å². The minimum Gasteiger partial charge on any atom is -0.449 e. The summed E-state index contributed by atoms with van der Waals surface area (Å²) in [6.45, 7) is 3.68. The van der Waals surface area contributed by atoms with E-state index in [2.05, 4.69) is 5.16 Å². The number of hydrogen-bond acceptors (Lipinski definition) is 4. The lowest BCUT2D eigenvalue weighted by molar-refractivity contribution is -0.0431. The highest BCUT2D eigenvalue weighted by molar-refractivity contribution is 5.80. The first-order valence-corrected chi connectivity index (χ1v) is 4.30. The maximum Gasteiger partial charge on any atom is 0.246 e. The van der Waals surface area contributed by atoms with Gasteiger partial charge in [-0.25, -0.2) is 0 Å². The van der Waals surface area contributed by atoms with Crippen LogP contribution in [0.1, 0.15) is 19.4 Å². The molecule has 14 heavy (non-hydrogen) atoms. The number of fused-ring (bicyclic) bond motifs is 1. The molecule has 0 fully saturated rings. The SMILES string of the molecule is CC1(C)Oc2ccc(/C=N/O)cc2O1. The Bertz CT molecular complexity index is 385. The second-order valence-corrected chi connectivity index (χ2v) is 3.55. The summed E-state index contributed by atoms with van der Waals surface area (Å²) in [6, 6.07) is 5.36. The smallest absolute Gasteiger partial charge is 0.246 e. The zero-order valence-corrected chi connectivity index (χ0v) is 8.02. The average Bonchev–Trinajstić information content (AvgIpc) is 2.38. The maximum absolute atomic E-state index is 8.37. The van der Waals surface area contributed by atoms with Gasteiger partial charge in [0.2, 0.25) is 5.79 Å². The van der Waals surface area contributed by atoms with Crippen LogP contribution in [0.15, 0.2) is 23.4 Å². The largest absolute Gasteiger partial charge is 0.449 e. The van der Waals surface area contributed by atoms with Crippen LogP contribution >= 0.6 is 0 Å². The third-order valence-electron chi connectivity index (χ3n) is 1.89. The van der Waals surface area contributed by atoms with Crippen molar-refractivity contribution in [3.63, 3.8) is 0 Å². The van der Waals surface area contributed by atoms with Gasteiger partial charge >= 0.3 is 0 Å². The van der Waals surface area contributed by atoms with Gasteiger partial charge in [-0.1, -0.05) is 5.16 Å². The molecule has 0 amide bonds. The number of rotatable bonds is 1. The lowest BCUT2D eigenvalue weighted by Crippen LogP contribution is -2.29. The summed E-state index contributed by atoms with van der Waals surface area (Å²) < 4.78 is 11.0. The van der Waals surface area contributed by atoms with Crippen LogP contribution in [0.5, 0.6) is 11.5 Å². The maximum atomic E-state index is 8.37. The van der Waals surface area contributed by atoms with Crippen molar-refractivity contribution in [2.45, 2.75) is 19.6 Å². The number of ether oxygens (including phenoxy) is 2. The first-order valence-electron chi connectivity index (χ1n) is 4.30. The summed E-state index contributed by atoms with van der Waals surface area (Å²) in [5, 5.41) is 11.3. The molecule has 0 unspecified atom stereocenters.